The Morgan fingerprint density at radius 3 is 2.95 bits per heavy atom. The van der Waals surface area contributed by atoms with Crippen molar-refractivity contribution in [1.29, 1.82) is 0 Å². The molecular formula is C14H17FN4OS. The molecule has 21 heavy (non-hydrogen) atoms. The number of rotatable bonds is 5. The third kappa shape index (κ3) is 4.51. The van der Waals surface area contributed by atoms with Gasteiger partial charge in [0.05, 0.1) is 5.69 Å². The van der Waals surface area contributed by atoms with Crippen LogP contribution < -0.4 is 16.0 Å². The molecule has 1 aromatic heterocycles. The van der Waals surface area contributed by atoms with Crippen molar-refractivity contribution in [1.82, 2.24) is 10.3 Å². The van der Waals surface area contributed by atoms with Crippen LogP contribution in [0.2, 0.25) is 0 Å². The van der Waals surface area contributed by atoms with E-state index < -0.39 is 11.8 Å². The van der Waals surface area contributed by atoms with Gasteiger partial charge in [-0.05, 0) is 31.7 Å². The Labute approximate surface area is 126 Å². The standard InChI is InChI=1S/C14H17FN4OS/c1-3-16-9(2)12-8-21-14(18-12)19-13(20)17-11-6-4-5-10(15)7-11/h4-9,16H,3H2,1-2H3,(H2,17,18,19,20). The molecule has 1 aromatic carbocycles. The third-order valence-electron chi connectivity index (χ3n) is 2.78. The summed E-state index contributed by atoms with van der Waals surface area (Å²) in [6, 6.07) is 5.40. The molecule has 0 aliphatic carbocycles. The number of aromatic nitrogens is 1. The van der Waals surface area contributed by atoms with E-state index >= 15 is 0 Å². The molecule has 1 atom stereocenters. The summed E-state index contributed by atoms with van der Waals surface area (Å²) in [6.07, 6.45) is 0. The van der Waals surface area contributed by atoms with Crippen LogP contribution in [0.5, 0.6) is 0 Å². The first-order chi connectivity index (χ1) is 10.1. The maximum atomic E-state index is 13.0. The van der Waals surface area contributed by atoms with Crippen LogP contribution in [0.1, 0.15) is 25.6 Å². The smallest absolute Gasteiger partial charge is 0.309 e. The molecule has 0 bridgehead atoms. The molecule has 7 heteroatoms. The van der Waals surface area contributed by atoms with Gasteiger partial charge in [-0.2, -0.15) is 0 Å². The number of benzene rings is 1. The number of carbonyl (C=O) groups is 1. The van der Waals surface area contributed by atoms with E-state index in [1.165, 1.54) is 29.5 Å². The average molecular weight is 308 g/mol. The number of urea groups is 1. The number of amides is 2. The zero-order valence-corrected chi connectivity index (χ0v) is 12.6. The maximum Gasteiger partial charge on any atom is 0.325 e. The molecule has 0 aliphatic heterocycles. The van der Waals surface area contributed by atoms with E-state index in [0.29, 0.717) is 10.8 Å². The second-order valence-corrected chi connectivity index (χ2v) is 5.30. The van der Waals surface area contributed by atoms with Gasteiger partial charge in [-0.3, -0.25) is 5.32 Å². The molecule has 3 N–H and O–H groups in total. The van der Waals surface area contributed by atoms with Gasteiger partial charge in [0.1, 0.15) is 5.82 Å². The quantitative estimate of drug-likeness (QED) is 0.790. The summed E-state index contributed by atoms with van der Waals surface area (Å²) in [4.78, 5) is 16.1. The van der Waals surface area contributed by atoms with Crippen molar-refractivity contribution in [2.24, 2.45) is 0 Å². The van der Waals surface area contributed by atoms with E-state index in [-0.39, 0.29) is 6.04 Å². The van der Waals surface area contributed by atoms with Crippen LogP contribution >= 0.6 is 11.3 Å². The Kier molecular flexibility index (Phi) is 5.24. The summed E-state index contributed by atoms with van der Waals surface area (Å²) in [5.74, 6) is -0.399. The van der Waals surface area contributed by atoms with E-state index in [1.54, 1.807) is 6.07 Å². The summed E-state index contributed by atoms with van der Waals surface area (Å²) in [5, 5.41) is 10.8. The van der Waals surface area contributed by atoms with Crippen LogP contribution in [0.4, 0.5) is 20.0 Å². The van der Waals surface area contributed by atoms with Crippen molar-refractivity contribution in [2.75, 3.05) is 17.2 Å². The molecule has 2 amide bonds. The van der Waals surface area contributed by atoms with Gasteiger partial charge in [0, 0.05) is 17.1 Å². The van der Waals surface area contributed by atoms with Gasteiger partial charge in [0.15, 0.2) is 5.13 Å². The fourth-order valence-electron chi connectivity index (χ4n) is 1.78. The van der Waals surface area contributed by atoms with E-state index in [4.69, 9.17) is 0 Å². The van der Waals surface area contributed by atoms with Gasteiger partial charge in [-0.25, -0.2) is 14.2 Å². The van der Waals surface area contributed by atoms with Crippen molar-refractivity contribution in [3.63, 3.8) is 0 Å². The number of hydrogen-bond donors (Lipinski definition) is 3. The third-order valence-corrected chi connectivity index (χ3v) is 3.55. The minimum Gasteiger partial charge on any atom is -0.309 e. The predicted molar refractivity (Wildman–Crippen MR) is 83.2 cm³/mol. The number of nitrogens with one attached hydrogen (secondary N) is 3. The van der Waals surface area contributed by atoms with Crippen LogP contribution in [0.25, 0.3) is 0 Å². The SMILES string of the molecule is CCNC(C)c1csc(NC(=O)Nc2cccc(F)c2)n1. The lowest BCUT2D eigenvalue weighted by atomic mass is 10.3. The Bertz CT molecular complexity index is 617. The second kappa shape index (κ2) is 7.14. The topological polar surface area (TPSA) is 66.0 Å². The van der Waals surface area contributed by atoms with E-state index in [9.17, 15) is 9.18 Å². The number of anilines is 2. The largest absolute Gasteiger partial charge is 0.325 e. The number of thiazole rings is 1. The van der Waals surface area contributed by atoms with Crippen molar-refractivity contribution >= 4 is 28.2 Å². The summed E-state index contributed by atoms with van der Waals surface area (Å²) < 4.78 is 13.0. The maximum absolute atomic E-state index is 13.0. The summed E-state index contributed by atoms with van der Waals surface area (Å²) in [6.45, 7) is 4.88. The van der Waals surface area contributed by atoms with Crippen molar-refractivity contribution in [3.05, 3.63) is 41.2 Å². The first-order valence-electron chi connectivity index (χ1n) is 6.61. The minimum absolute atomic E-state index is 0.132. The number of nitrogens with zero attached hydrogens (tertiary/aromatic N) is 1. The lowest BCUT2D eigenvalue weighted by molar-refractivity contribution is 0.262. The highest BCUT2D eigenvalue weighted by molar-refractivity contribution is 7.13. The van der Waals surface area contributed by atoms with Gasteiger partial charge < -0.3 is 10.6 Å². The van der Waals surface area contributed by atoms with Gasteiger partial charge in [-0.15, -0.1) is 11.3 Å². The molecule has 2 aromatic rings. The second-order valence-electron chi connectivity index (χ2n) is 4.45. The normalized spacial score (nSPS) is 12.0. The first-order valence-corrected chi connectivity index (χ1v) is 7.49. The van der Waals surface area contributed by atoms with Gasteiger partial charge in [-0.1, -0.05) is 13.0 Å². The Hall–Kier alpha value is -1.99. The highest BCUT2D eigenvalue weighted by Crippen LogP contribution is 2.20. The summed E-state index contributed by atoms with van der Waals surface area (Å²) in [7, 11) is 0. The highest BCUT2D eigenvalue weighted by Gasteiger charge is 2.11. The van der Waals surface area contributed by atoms with Crippen LogP contribution in [0.3, 0.4) is 0 Å². The zero-order chi connectivity index (χ0) is 15.2. The Balaban J connectivity index is 1.94. The lowest BCUT2D eigenvalue weighted by Crippen LogP contribution is -2.20. The van der Waals surface area contributed by atoms with E-state index in [1.807, 2.05) is 19.2 Å². The fourth-order valence-corrected chi connectivity index (χ4v) is 2.58. The summed E-state index contributed by atoms with van der Waals surface area (Å²) in [5.41, 5.74) is 1.27. The van der Waals surface area contributed by atoms with Gasteiger partial charge >= 0.3 is 6.03 Å². The number of carbonyl (C=O) groups excluding carboxylic acids is 1. The van der Waals surface area contributed by atoms with Crippen LogP contribution in [-0.4, -0.2) is 17.6 Å². The number of halogens is 1. The summed E-state index contributed by atoms with van der Waals surface area (Å²) >= 11 is 1.35. The first kappa shape index (κ1) is 15.4. The molecule has 0 spiro atoms. The average Bonchev–Trinajstić information content (AvgIpc) is 2.87. The molecule has 0 saturated carbocycles. The lowest BCUT2D eigenvalue weighted by Gasteiger charge is -2.08. The van der Waals surface area contributed by atoms with Crippen LogP contribution in [0.15, 0.2) is 29.6 Å². The minimum atomic E-state index is -0.447. The zero-order valence-electron chi connectivity index (χ0n) is 11.8. The van der Waals surface area contributed by atoms with Crippen LogP contribution in [0, 0.1) is 5.82 Å². The Morgan fingerprint density at radius 1 is 1.43 bits per heavy atom. The van der Waals surface area contributed by atoms with Crippen LogP contribution in [-0.2, 0) is 0 Å². The van der Waals surface area contributed by atoms with E-state index in [0.717, 1.165) is 12.2 Å². The molecule has 0 radical (unpaired) electrons. The monoisotopic (exact) mass is 308 g/mol. The molecule has 2 rings (SSSR count). The fraction of sp³-hybridized carbons (Fsp3) is 0.286. The van der Waals surface area contributed by atoms with Crippen molar-refractivity contribution in [2.45, 2.75) is 19.9 Å². The Morgan fingerprint density at radius 2 is 2.24 bits per heavy atom. The molecule has 1 heterocycles. The molecule has 5 nitrogen and oxygen atoms in total. The molecule has 0 saturated heterocycles. The predicted octanol–water partition coefficient (Wildman–Crippen LogP) is 3.60. The van der Waals surface area contributed by atoms with Crippen molar-refractivity contribution < 1.29 is 9.18 Å². The molecule has 1 unspecified atom stereocenters. The highest BCUT2D eigenvalue weighted by atomic mass is 32.1. The molecule has 0 aliphatic rings. The molecule has 112 valence electrons. The van der Waals surface area contributed by atoms with Gasteiger partial charge in [0.25, 0.3) is 0 Å². The van der Waals surface area contributed by atoms with E-state index in [2.05, 4.69) is 20.9 Å². The molecular weight excluding hydrogens is 291 g/mol. The van der Waals surface area contributed by atoms with Crippen molar-refractivity contribution in [3.8, 4) is 0 Å². The van der Waals surface area contributed by atoms with Gasteiger partial charge in [0.2, 0.25) is 0 Å². The number of hydrogen-bond acceptors (Lipinski definition) is 4. The molecule has 0 fully saturated rings.